The second-order valence-electron chi connectivity index (χ2n) is 16.3. The number of fused-ring (bicyclic) bond motifs is 14. The molecule has 239 valence electrons. The van der Waals surface area contributed by atoms with Gasteiger partial charge in [0.15, 0.2) is 7.28 Å². The Morgan fingerprint density at radius 1 is 0.735 bits per heavy atom. The largest absolute Gasteiger partial charge is 0.346 e. The normalized spacial score (nSPS) is 21.5. The molecule has 8 aromatic rings. The van der Waals surface area contributed by atoms with Gasteiger partial charge in [-0.25, -0.2) is 0 Å². The Morgan fingerprint density at radius 3 is 2.29 bits per heavy atom. The SMILES string of the molecule is CC(C)(C)c1cc2c3c(c1)C1(C)CCCCC1(C)N3c1c(c(-c3cccc4c3[nH]c3sc5ccccc5c34)cc3c1sc1ccccc13)[B]2. The van der Waals surface area contributed by atoms with Gasteiger partial charge in [-0.2, -0.15) is 0 Å². The van der Waals surface area contributed by atoms with Gasteiger partial charge in [0, 0.05) is 53.0 Å². The van der Waals surface area contributed by atoms with Gasteiger partial charge in [0.1, 0.15) is 4.83 Å². The van der Waals surface area contributed by atoms with E-state index in [2.05, 4.69) is 137 Å². The molecule has 0 amide bonds. The van der Waals surface area contributed by atoms with Crippen LogP contribution in [0.1, 0.15) is 71.4 Å². The standard InChI is InChI=1S/C44H38BN2S2/c1-42(2,3)24-21-31-38-32(22-24)45-36-29(26-15-12-16-28-35-27-14-7-9-18-34(27)49-41(35)46-37(26)28)23-30-25-13-6-8-17-33(25)48-40(30)39(36)47(38)44(5)20-11-10-19-43(31,44)4/h6-9,12-18,21-23,46H,10-11,19-20H2,1-5H3. The Labute approximate surface area is 296 Å². The molecule has 5 aromatic carbocycles. The third kappa shape index (κ3) is 3.53. The average Bonchev–Trinajstić information content (AvgIpc) is 3.81. The number of nitrogens with one attached hydrogen (secondary N) is 1. The van der Waals surface area contributed by atoms with Crippen molar-refractivity contribution in [1.82, 2.24) is 4.98 Å². The first kappa shape index (κ1) is 28.8. The van der Waals surface area contributed by atoms with E-state index in [1.54, 1.807) is 5.56 Å². The highest BCUT2D eigenvalue weighted by molar-refractivity contribution is 7.26. The summed E-state index contributed by atoms with van der Waals surface area (Å²) in [4.78, 5) is 8.09. The van der Waals surface area contributed by atoms with Crippen molar-refractivity contribution < 1.29 is 0 Å². The third-order valence-electron chi connectivity index (χ3n) is 12.8. The van der Waals surface area contributed by atoms with Crippen molar-refractivity contribution in [2.75, 3.05) is 4.90 Å². The Hall–Kier alpha value is -4.06. The summed E-state index contributed by atoms with van der Waals surface area (Å²) >= 11 is 3.86. The van der Waals surface area contributed by atoms with Gasteiger partial charge < -0.3 is 9.88 Å². The molecule has 1 saturated carbocycles. The molecule has 49 heavy (non-hydrogen) atoms. The minimum atomic E-state index is -0.0104. The molecular weight excluding hydrogens is 631 g/mol. The number of benzene rings is 5. The molecule has 5 heterocycles. The molecule has 3 aliphatic rings. The molecule has 1 radical (unpaired) electrons. The molecule has 11 rings (SSSR count). The van der Waals surface area contributed by atoms with E-state index in [1.807, 2.05) is 22.7 Å². The van der Waals surface area contributed by atoms with E-state index in [0.29, 0.717) is 0 Å². The van der Waals surface area contributed by atoms with Gasteiger partial charge in [-0.05, 0) is 65.5 Å². The van der Waals surface area contributed by atoms with Crippen LogP contribution in [0.4, 0.5) is 11.4 Å². The molecule has 2 aliphatic heterocycles. The van der Waals surface area contributed by atoms with Crippen LogP contribution in [0.3, 0.4) is 0 Å². The highest BCUT2D eigenvalue weighted by atomic mass is 32.1. The molecular formula is C44H38BN2S2. The fourth-order valence-electron chi connectivity index (χ4n) is 9.99. The molecule has 0 bridgehead atoms. The molecule has 5 heteroatoms. The molecule has 1 fully saturated rings. The fourth-order valence-corrected chi connectivity index (χ4v) is 12.3. The lowest BCUT2D eigenvalue weighted by molar-refractivity contribution is 0.195. The molecule has 3 aromatic heterocycles. The lowest BCUT2D eigenvalue weighted by Crippen LogP contribution is -2.57. The zero-order valence-electron chi connectivity index (χ0n) is 28.8. The van der Waals surface area contributed by atoms with Crippen LogP contribution in [-0.2, 0) is 10.8 Å². The summed E-state index contributed by atoms with van der Waals surface area (Å²) in [6.07, 6.45) is 5.01. The monoisotopic (exact) mass is 669 g/mol. The van der Waals surface area contributed by atoms with E-state index in [9.17, 15) is 0 Å². The van der Waals surface area contributed by atoms with E-state index in [1.165, 1.54) is 116 Å². The number of thiophene rings is 2. The zero-order valence-corrected chi connectivity index (χ0v) is 30.4. The Morgan fingerprint density at radius 2 is 1.47 bits per heavy atom. The maximum atomic E-state index is 3.96. The average molecular weight is 670 g/mol. The van der Waals surface area contributed by atoms with Crippen LogP contribution in [0.25, 0.3) is 62.5 Å². The van der Waals surface area contributed by atoms with Crippen molar-refractivity contribution in [3.63, 3.8) is 0 Å². The first-order valence-corrected chi connectivity index (χ1v) is 19.5. The molecule has 2 atom stereocenters. The van der Waals surface area contributed by atoms with E-state index in [0.717, 1.165) is 0 Å². The van der Waals surface area contributed by atoms with E-state index >= 15 is 0 Å². The second-order valence-corrected chi connectivity index (χ2v) is 18.4. The van der Waals surface area contributed by atoms with Gasteiger partial charge in [-0.15, -0.1) is 22.7 Å². The summed E-state index contributed by atoms with van der Waals surface area (Å²) in [5.74, 6) is 0. The number of rotatable bonds is 1. The number of hydrogen-bond donors (Lipinski definition) is 1. The van der Waals surface area contributed by atoms with E-state index in [4.69, 9.17) is 0 Å². The van der Waals surface area contributed by atoms with Gasteiger partial charge in [0.2, 0.25) is 0 Å². The maximum Gasteiger partial charge on any atom is 0.197 e. The van der Waals surface area contributed by atoms with Crippen molar-refractivity contribution >= 4 is 104 Å². The summed E-state index contributed by atoms with van der Waals surface area (Å²) < 4.78 is 4.13. The lowest BCUT2D eigenvalue weighted by Gasteiger charge is -2.51. The van der Waals surface area contributed by atoms with Crippen molar-refractivity contribution in [3.8, 4) is 11.1 Å². The first-order valence-electron chi connectivity index (χ1n) is 17.9. The number of para-hydroxylation sites is 1. The van der Waals surface area contributed by atoms with Crippen LogP contribution >= 0.6 is 22.7 Å². The zero-order chi connectivity index (χ0) is 33.0. The van der Waals surface area contributed by atoms with Crippen LogP contribution in [0.15, 0.2) is 84.9 Å². The Balaban J connectivity index is 1.28. The number of nitrogens with zero attached hydrogens (tertiary/aromatic N) is 1. The van der Waals surface area contributed by atoms with Gasteiger partial charge in [-0.3, -0.25) is 0 Å². The number of anilines is 2. The molecule has 2 nitrogen and oxygen atoms in total. The Bertz CT molecular complexity index is 2740. The fraction of sp³-hybridized carbons (Fsp3) is 0.273. The third-order valence-corrected chi connectivity index (χ3v) is 15.0. The predicted molar refractivity (Wildman–Crippen MR) is 216 cm³/mol. The topological polar surface area (TPSA) is 19.0 Å². The number of aromatic nitrogens is 1. The molecule has 2 unspecified atom stereocenters. The van der Waals surface area contributed by atoms with Crippen LogP contribution in [-0.4, -0.2) is 17.8 Å². The van der Waals surface area contributed by atoms with Crippen LogP contribution in [0.5, 0.6) is 0 Å². The van der Waals surface area contributed by atoms with Crippen molar-refractivity contribution in [1.29, 1.82) is 0 Å². The minimum Gasteiger partial charge on any atom is -0.346 e. The molecule has 1 N–H and O–H groups in total. The smallest absolute Gasteiger partial charge is 0.197 e. The number of hydrogen-bond acceptors (Lipinski definition) is 3. The molecule has 0 spiro atoms. The van der Waals surface area contributed by atoms with Gasteiger partial charge >= 0.3 is 0 Å². The second kappa shape index (κ2) is 9.38. The lowest BCUT2D eigenvalue weighted by atomic mass is 9.57. The summed E-state index contributed by atoms with van der Waals surface area (Å²) in [5, 5.41) is 6.75. The summed E-state index contributed by atoms with van der Waals surface area (Å²) in [7, 11) is 2.57. The van der Waals surface area contributed by atoms with Gasteiger partial charge in [0.05, 0.1) is 21.4 Å². The van der Waals surface area contributed by atoms with Crippen molar-refractivity contribution in [3.05, 3.63) is 96.1 Å². The minimum absolute atomic E-state index is 0.0104. The highest BCUT2D eigenvalue weighted by Crippen LogP contribution is 2.62. The van der Waals surface area contributed by atoms with Crippen LogP contribution in [0, 0.1) is 0 Å². The first-order chi connectivity index (χ1) is 23.7. The quantitative estimate of drug-likeness (QED) is 0.172. The van der Waals surface area contributed by atoms with E-state index < -0.39 is 0 Å². The number of aromatic amines is 1. The number of H-pyrrole nitrogens is 1. The predicted octanol–water partition coefficient (Wildman–Crippen LogP) is 11.6. The van der Waals surface area contributed by atoms with Gasteiger partial charge in [0.25, 0.3) is 0 Å². The summed E-state index contributed by atoms with van der Waals surface area (Å²) in [6.45, 7) is 12.3. The highest BCUT2D eigenvalue weighted by Gasteiger charge is 2.60. The van der Waals surface area contributed by atoms with Crippen LogP contribution in [0.2, 0.25) is 0 Å². The van der Waals surface area contributed by atoms with Gasteiger partial charge in [-0.1, -0.05) is 113 Å². The maximum absolute atomic E-state index is 3.96. The molecule has 1 aliphatic carbocycles. The summed E-state index contributed by atoms with van der Waals surface area (Å²) in [6, 6.07) is 32.5. The van der Waals surface area contributed by atoms with E-state index in [-0.39, 0.29) is 16.4 Å². The Kier molecular flexibility index (Phi) is 5.50. The summed E-state index contributed by atoms with van der Waals surface area (Å²) in [5.41, 5.74) is 12.7. The van der Waals surface area contributed by atoms with Crippen molar-refractivity contribution in [2.24, 2.45) is 0 Å². The van der Waals surface area contributed by atoms with Crippen LogP contribution < -0.4 is 15.8 Å². The molecule has 0 saturated heterocycles. The van der Waals surface area contributed by atoms with Crippen molar-refractivity contribution in [2.45, 2.75) is 76.7 Å².